The molecule has 0 fully saturated rings. The number of carbonyl (C=O) groups excluding carboxylic acids is 1. The smallest absolute Gasteiger partial charge is 0.272 e. The lowest BCUT2D eigenvalue weighted by atomic mass is 10.3. The summed E-state index contributed by atoms with van der Waals surface area (Å²) in [5, 5.41) is 11.9. The van der Waals surface area contributed by atoms with Crippen LogP contribution < -0.4 is 5.32 Å². The van der Waals surface area contributed by atoms with Crippen molar-refractivity contribution in [3.8, 4) is 5.75 Å². The van der Waals surface area contributed by atoms with E-state index in [0.717, 1.165) is 5.52 Å². The van der Waals surface area contributed by atoms with Crippen molar-refractivity contribution < 1.29 is 14.3 Å². The van der Waals surface area contributed by atoms with Gasteiger partial charge in [-0.3, -0.25) is 4.79 Å². The lowest BCUT2D eigenvalue weighted by molar-refractivity contribution is 0.102. The summed E-state index contributed by atoms with van der Waals surface area (Å²) >= 11 is 0. The number of benzene rings is 1. The molecule has 0 aliphatic rings. The minimum atomic E-state index is -0.257. The number of amides is 1. The molecule has 1 amide bonds. The van der Waals surface area contributed by atoms with E-state index in [1.54, 1.807) is 30.5 Å². The fraction of sp³-hybridized carbons (Fsp3) is 0. The molecule has 90 valence electrons. The first-order valence-electron chi connectivity index (χ1n) is 5.39. The van der Waals surface area contributed by atoms with E-state index in [1.807, 2.05) is 0 Å². The number of anilines is 1. The number of aromatic hydroxyl groups is 1. The van der Waals surface area contributed by atoms with Crippen molar-refractivity contribution in [2.24, 2.45) is 0 Å². The molecule has 3 aromatic rings. The highest BCUT2D eigenvalue weighted by Gasteiger charge is 2.11. The van der Waals surface area contributed by atoms with Crippen molar-refractivity contribution in [3.05, 3.63) is 48.4 Å². The zero-order chi connectivity index (χ0) is 12.5. The van der Waals surface area contributed by atoms with Crippen LogP contribution in [0.2, 0.25) is 0 Å². The molecule has 2 heterocycles. The number of hydrogen-bond donors (Lipinski definition) is 3. The summed E-state index contributed by atoms with van der Waals surface area (Å²) in [6.45, 7) is 0. The molecule has 18 heavy (non-hydrogen) atoms. The van der Waals surface area contributed by atoms with Crippen LogP contribution >= 0.6 is 0 Å². The Morgan fingerprint density at radius 1 is 1.22 bits per heavy atom. The summed E-state index contributed by atoms with van der Waals surface area (Å²) in [4.78, 5) is 14.9. The maximum absolute atomic E-state index is 11.9. The van der Waals surface area contributed by atoms with Crippen LogP contribution in [-0.4, -0.2) is 16.0 Å². The Labute approximate surface area is 102 Å². The summed E-state index contributed by atoms with van der Waals surface area (Å²) in [7, 11) is 0. The molecule has 1 aromatic carbocycles. The molecule has 3 N–H and O–H groups in total. The highest BCUT2D eigenvalue weighted by atomic mass is 16.3. The Morgan fingerprint density at radius 2 is 2.00 bits per heavy atom. The van der Waals surface area contributed by atoms with Crippen molar-refractivity contribution in [1.82, 2.24) is 4.98 Å². The van der Waals surface area contributed by atoms with Gasteiger partial charge in [0.05, 0.1) is 11.8 Å². The number of phenols is 1. The first-order valence-corrected chi connectivity index (χ1v) is 5.39. The van der Waals surface area contributed by atoms with Crippen molar-refractivity contribution in [1.29, 1.82) is 0 Å². The minimum absolute atomic E-state index is 0.158. The Bertz CT molecular complexity index is 666. The van der Waals surface area contributed by atoms with Crippen LogP contribution in [0.25, 0.3) is 11.1 Å². The first-order chi connectivity index (χ1) is 8.72. The number of aromatic nitrogens is 1. The van der Waals surface area contributed by atoms with E-state index in [4.69, 9.17) is 9.52 Å². The second-order valence-corrected chi connectivity index (χ2v) is 3.88. The quantitative estimate of drug-likeness (QED) is 0.604. The largest absolute Gasteiger partial charge is 0.508 e. The fourth-order valence-corrected chi connectivity index (χ4v) is 1.71. The summed E-state index contributed by atoms with van der Waals surface area (Å²) in [5.74, 6) is -0.0996. The lowest BCUT2D eigenvalue weighted by Gasteiger charge is -2.03. The first kappa shape index (κ1) is 10.5. The van der Waals surface area contributed by atoms with Crippen LogP contribution in [0, 0.1) is 0 Å². The molecule has 5 heteroatoms. The second kappa shape index (κ2) is 3.96. The van der Waals surface area contributed by atoms with Gasteiger partial charge in [0.15, 0.2) is 5.58 Å². The van der Waals surface area contributed by atoms with E-state index < -0.39 is 0 Å². The second-order valence-electron chi connectivity index (χ2n) is 3.88. The van der Waals surface area contributed by atoms with E-state index in [2.05, 4.69) is 10.3 Å². The number of aromatic amines is 1. The molecular formula is C13H10N2O3. The maximum atomic E-state index is 11.9. The van der Waals surface area contributed by atoms with Gasteiger partial charge in [-0.2, -0.15) is 0 Å². The van der Waals surface area contributed by atoms with Crippen LogP contribution in [0.1, 0.15) is 10.5 Å². The van der Waals surface area contributed by atoms with Gasteiger partial charge in [0.2, 0.25) is 0 Å². The number of hydrogen-bond acceptors (Lipinski definition) is 3. The fourth-order valence-electron chi connectivity index (χ4n) is 1.71. The predicted molar refractivity (Wildman–Crippen MR) is 66.6 cm³/mol. The van der Waals surface area contributed by atoms with Gasteiger partial charge in [0, 0.05) is 17.8 Å². The van der Waals surface area contributed by atoms with Crippen molar-refractivity contribution in [2.45, 2.75) is 0 Å². The number of nitrogens with one attached hydrogen (secondary N) is 2. The molecule has 0 aliphatic carbocycles. The third-order valence-corrected chi connectivity index (χ3v) is 2.61. The SMILES string of the molecule is O=C(Nc1ccc(O)cc1)c1cc2occc2[nH]1. The summed E-state index contributed by atoms with van der Waals surface area (Å²) < 4.78 is 5.17. The normalized spacial score (nSPS) is 10.7. The number of H-pyrrole nitrogens is 1. The van der Waals surface area contributed by atoms with Gasteiger partial charge < -0.3 is 19.8 Å². The van der Waals surface area contributed by atoms with E-state index in [9.17, 15) is 4.79 Å². The third kappa shape index (κ3) is 1.82. The van der Waals surface area contributed by atoms with Crippen LogP contribution in [0.4, 0.5) is 5.69 Å². The molecule has 0 aliphatic heterocycles. The van der Waals surface area contributed by atoms with Crippen molar-refractivity contribution in [3.63, 3.8) is 0 Å². The van der Waals surface area contributed by atoms with Gasteiger partial charge in [0.1, 0.15) is 11.4 Å². The average molecular weight is 242 g/mol. The number of phenolic OH excluding ortho intramolecular Hbond substituents is 1. The van der Waals surface area contributed by atoms with Crippen LogP contribution in [-0.2, 0) is 0 Å². The minimum Gasteiger partial charge on any atom is -0.508 e. The molecule has 0 saturated carbocycles. The Balaban J connectivity index is 1.82. The lowest BCUT2D eigenvalue weighted by Crippen LogP contribution is -2.11. The Hall–Kier alpha value is -2.69. The van der Waals surface area contributed by atoms with E-state index in [-0.39, 0.29) is 11.7 Å². The van der Waals surface area contributed by atoms with Crippen molar-refractivity contribution >= 4 is 22.7 Å². The van der Waals surface area contributed by atoms with Crippen LogP contribution in [0.3, 0.4) is 0 Å². The molecule has 0 unspecified atom stereocenters. The standard InChI is InChI=1S/C13H10N2O3/c16-9-3-1-8(2-4-9)14-13(17)11-7-12-10(15-11)5-6-18-12/h1-7,15-16H,(H,14,17). The molecule has 0 bridgehead atoms. The summed E-state index contributed by atoms with van der Waals surface area (Å²) in [6.07, 6.45) is 1.56. The van der Waals surface area contributed by atoms with Gasteiger partial charge >= 0.3 is 0 Å². The number of rotatable bonds is 2. The van der Waals surface area contributed by atoms with Crippen LogP contribution in [0.5, 0.6) is 5.75 Å². The zero-order valence-corrected chi connectivity index (χ0v) is 9.31. The summed E-state index contributed by atoms with van der Waals surface area (Å²) in [5.41, 5.74) is 2.47. The average Bonchev–Trinajstić information content (AvgIpc) is 2.92. The van der Waals surface area contributed by atoms with Crippen LogP contribution in [0.15, 0.2) is 47.1 Å². The summed E-state index contributed by atoms with van der Waals surface area (Å²) in [6, 6.07) is 9.67. The van der Waals surface area contributed by atoms with E-state index in [0.29, 0.717) is 17.0 Å². The molecule has 5 nitrogen and oxygen atoms in total. The highest BCUT2D eigenvalue weighted by molar-refractivity contribution is 6.05. The highest BCUT2D eigenvalue weighted by Crippen LogP contribution is 2.18. The molecule has 2 aromatic heterocycles. The molecule has 0 saturated heterocycles. The predicted octanol–water partition coefficient (Wildman–Crippen LogP) is 2.72. The van der Waals surface area contributed by atoms with Crippen molar-refractivity contribution in [2.75, 3.05) is 5.32 Å². The number of fused-ring (bicyclic) bond motifs is 1. The van der Waals surface area contributed by atoms with Gasteiger partial charge in [-0.15, -0.1) is 0 Å². The van der Waals surface area contributed by atoms with Gasteiger partial charge in [-0.05, 0) is 24.3 Å². The molecule has 0 radical (unpaired) electrons. The maximum Gasteiger partial charge on any atom is 0.272 e. The van der Waals surface area contributed by atoms with E-state index in [1.165, 1.54) is 12.1 Å². The van der Waals surface area contributed by atoms with E-state index >= 15 is 0 Å². The molecular weight excluding hydrogens is 232 g/mol. The van der Waals surface area contributed by atoms with Gasteiger partial charge in [-0.1, -0.05) is 0 Å². The molecule has 3 rings (SSSR count). The third-order valence-electron chi connectivity index (χ3n) is 2.61. The number of carbonyl (C=O) groups is 1. The monoisotopic (exact) mass is 242 g/mol. The topological polar surface area (TPSA) is 78.3 Å². The zero-order valence-electron chi connectivity index (χ0n) is 9.31. The Morgan fingerprint density at radius 3 is 2.72 bits per heavy atom. The van der Waals surface area contributed by atoms with Gasteiger partial charge in [-0.25, -0.2) is 0 Å². The number of furan rings is 1. The molecule has 0 atom stereocenters. The Kier molecular flexibility index (Phi) is 2.30. The van der Waals surface area contributed by atoms with Gasteiger partial charge in [0.25, 0.3) is 5.91 Å². The molecule has 0 spiro atoms.